The van der Waals surface area contributed by atoms with E-state index >= 15 is 0 Å². The minimum Gasteiger partial charge on any atom is -0.490 e. The quantitative estimate of drug-likeness (QED) is 0.724. The molecule has 2 aromatic rings. The van der Waals surface area contributed by atoms with Crippen molar-refractivity contribution in [3.05, 3.63) is 53.1 Å². The molecule has 4 nitrogen and oxygen atoms in total. The minimum absolute atomic E-state index is 0.155. The second kappa shape index (κ2) is 9.11. The number of anilines is 1. The van der Waals surface area contributed by atoms with Crippen molar-refractivity contribution in [2.45, 2.75) is 40.5 Å². The van der Waals surface area contributed by atoms with Gasteiger partial charge in [-0.15, -0.1) is 0 Å². The predicted molar refractivity (Wildman–Crippen MR) is 102 cm³/mol. The Balaban J connectivity index is 2.22. The Morgan fingerprint density at radius 3 is 2.32 bits per heavy atom. The second-order valence-electron chi connectivity index (χ2n) is 6.06. The highest BCUT2D eigenvalue weighted by molar-refractivity contribution is 6.05. The molecule has 0 fully saturated rings. The van der Waals surface area contributed by atoms with Crippen molar-refractivity contribution in [2.75, 3.05) is 18.5 Å². The molecule has 0 saturated heterocycles. The van der Waals surface area contributed by atoms with Gasteiger partial charge in [-0.25, -0.2) is 0 Å². The van der Waals surface area contributed by atoms with E-state index in [1.807, 2.05) is 39.0 Å². The molecule has 0 radical (unpaired) electrons. The summed E-state index contributed by atoms with van der Waals surface area (Å²) >= 11 is 0. The lowest BCUT2D eigenvalue weighted by Gasteiger charge is -2.14. The van der Waals surface area contributed by atoms with Gasteiger partial charge in [0, 0.05) is 11.3 Å². The first-order valence-electron chi connectivity index (χ1n) is 8.84. The first-order chi connectivity index (χ1) is 12.1. The fourth-order valence-corrected chi connectivity index (χ4v) is 2.39. The van der Waals surface area contributed by atoms with Gasteiger partial charge in [0.25, 0.3) is 5.91 Å². The molecule has 0 bridgehead atoms. The number of rotatable bonds is 8. The lowest BCUT2D eigenvalue weighted by atomic mass is 10.1. The molecule has 134 valence electrons. The van der Waals surface area contributed by atoms with Crippen LogP contribution in [0.15, 0.2) is 36.4 Å². The molecule has 0 unspecified atom stereocenters. The third-order valence-corrected chi connectivity index (χ3v) is 3.98. The number of carbonyl (C=O) groups excluding carboxylic acids is 1. The van der Waals surface area contributed by atoms with E-state index in [1.54, 1.807) is 18.2 Å². The molecule has 0 aliphatic heterocycles. The number of benzene rings is 2. The molecule has 2 aromatic carbocycles. The Labute approximate surface area is 150 Å². The summed E-state index contributed by atoms with van der Waals surface area (Å²) < 4.78 is 11.5. The average molecular weight is 341 g/mol. The van der Waals surface area contributed by atoms with Crippen LogP contribution in [0.1, 0.15) is 48.2 Å². The topological polar surface area (TPSA) is 47.6 Å². The van der Waals surface area contributed by atoms with E-state index < -0.39 is 0 Å². The van der Waals surface area contributed by atoms with Crippen molar-refractivity contribution in [2.24, 2.45) is 0 Å². The van der Waals surface area contributed by atoms with Crippen molar-refractivity contribution in [3.8, 4) is 11.5 Å². The number of ether oxygens (including phenoxy) is 2. The Morgan fingerprint density at radius 2 is 1.64 bits per heavy atom. The van der Waals surface area contributed by atoms with Crippen LogP contribution in [-0.4, -0.2) is 19.1 Å². The predicted octanol–water partition coefficient (Wildman–Crippen LogP) is 5.13. The van der Waals surface area contributed by atoms with Crippen LogP contribution in [0.5, 0.6) is 11.5 Å². The molecule has 0 aromatic heterocycles. The monoisotopic (exact) mass is 341 g/mol. The molecule has 0 saturated carbocycles. The first kappa shape index (κ1) is 18.8. The van der Waals surface area contributed by atoms with E-state index in [0.29, 0.717) is 30.3 Å². The van der Waals surface area contributed by atoms with Crippen molar-refractivity contribution >= 4 is 11.6 Å². The highest BCUT2D eigenvalue weighted by Gasteiger charge is 2.13. The molecular formula is C21H27NO3. The molecule has 25 heavy (non-hydrogen) atoms. The Hall–Kier alpha value is -2.49. The lowest BCUT2D eigenvalue weighted by Crippen LogP contribution is -2.13. The van der Waals surface area contributed by atoms with Gasteiger partial charge in [-0.2, -0.15) is 0 Å². The lowest BCUT2D eigenvalue weighted by molar-refractivity contribution is 0.102. The van der Waals surface area contributed by atoms with Crippen molar-refractivity contribution in [3.63, 3.8) is 0 Å². The third-order valence-electron chi connectivity index (χ3n) is 3.98. The number of aryl methyl sites for hydroxylation is 1. The molecule has 4 heteroatoms. The van der Waals surface area contributed by atoms with E-state index in [-0.39, 0.29) is 5.91 Å². The number of hydrogen-bond donors (Lipinski definition) is 1. The molecule has 0 spiro atoms. The maximum absolute atomic E-state index is 12.6. The average Bonchev–Trinajstić information content (AvgIpc) is 2.62. The summed E-state index contributed by atoms with van der Waals surface area (Å²) in [6.45, 7) is 9.34. The number of hydrogen-bond acceptors (Lipinski definition) is 3. The van der Waals surface area contributed by atoms with Gasteiger partial charge in [0.1, 0.15) is 0 Å². The van der Waals surface area contributed by atoms with E-state index in [4.69, 9.17) is 9.47 Å². The smallest absolute Gasteiger partial charge is 0.255 e. The molecule has 1 N–H and O–H groups in total. The van der Waals surface area contributed by atoms with Gasteiger partial charge < -0.3 is 14.8 Å². The van der Waals surface area contributed by atoms with Crippen molar-refractivity contribution < 1.29 is 14.3 Å². The summed E-state index contributed by atoms with van der Waals surface area (Å²) in [6, 6.07) is 11.2. The van der Waals surface area contributed by atoms with E-state index in [1.165, 1.54) is 0 Å². The number of nitrogens with one attached hydrogen (secondary N) is 1. The van der Waals surface area contributed by atoms with Gasteiger partial charge >= 0.3 is 0 Å². The van der Waals surface area contributed by atoms with Gasteiger partial charge in [0.05, 0.1) is 13.2 Å². The van der Waals surface area contributed by atoms with Crippen LogP contribution in [-0.2, 0) is 0 Å². The summed E-state index contributed by atoms with van der Waals surface area (Å²) in [7, 11) is 0. The van der Waals surface area contributed by atoms with Crippen LogP contribution in [0.25, 0.3) is 0 Å². The van der Waals surface area contributed by atoms with E-state index in [0.717, 1.165) is 29.7 Å². The van der Waals surface area contributed by atoms with Gasteiger partial charge in [-0.1, -0.05) is 26.0 Å². The summed E-state index contributed by atoms with van der Waals surface area (Å²) in [5, 5.41) is 2.98. The maximum Gasteiger partial charge on any atom is 0.255 e. The highest BCUT2D eigenvalue weighted by atomic mass is 16.5. The van der Waals surface area contributed by atoms with Crippen molar-refractivity contribution in [1.29, 1.82) is 0 Å². The zero-order valence-electron chi connectivity index (χ0n) is 15.5. The standard InChI is InChI=1S/C21H27NO3/c1-5-12-24-19-11-10-17(14-20(19)25-13-6-2)21(23)22-18-9-7-8-15(3)16(18)4/h7-11,14H,5-6,12-13H2,1-4H3,(H,22,23). The Morgan fingerprint density at radius 1 is 0.960 bits per heavy atom. The summed E-state index contributed by atoms with van der Waals surface area (Å²) in [5.41, 5.74) is 3.59. The molecular weight excluding hydrogens is 314 g/mol. The molecule has 0 aliphatic rings. The Bertz CT molecular complexity index is 725. The van der Waals surface area contributed by atoms with E-state index in [2.05, 4.69) is 12.2 Å². The second-order valence-corrected chi connectivity index (χ2v) is 6.06. The molecule has 0 atom stereocenters. The first-order valence-corrected chi connectivity index (χ1v) is 8.84. The van der Waals surface area contributed by atoms with Crippen LogP contribution < -0.4 is 14.8 Å². The zero-order chi connectivity index (χ0) is 18.2. The van der Waals surface area contributed by atoms with Crippen LogP contribution in [0.2, 0.25) is 0 Å². The largest absolute Gasteiger partial charge is 0.490 e. The molecule has 2 rings (SSSR count). The minimum atomic E-state index is -0.155. The number of carbonyl (C=O) groups is 1. The Kier molecular flexibility index (Phi) is 6.87. The SMILES string of the molecule is CCCOc1ccc(C(=O)Nc2cccc(C)c2C)cc1OCCC. The maximum atomic E-state index is 12.6. The molecule has 0 heterocycles. The van der Waals surface area contributed by atoms with Crippen LogP contribution in [0, 0.1) is 13.8 Å². The zero-order valence-corrected chi connectivity index (χ0v) is 15.5. The van der Waals surface area contributed by atoms with Gasteiger partial charge in [-0.05, 0) is 62.1 Å². The van der Waals surface area contributed by atoms with Crippen molar-refractivity contribution in [1.82, 2.24) is 0 Å². The molecule has 0 aliphatic carbocycles. The highest BCUT2D eigenvalue weighted by Crippen LogP contribution is 2.29. The fraction of sp³-hybridized carbons (Fsp3) is 0.381. The fourth-order valence-electron chi connectivity index (χ4n) is 2.39. The van der Waals surface area contributed by atoms with Crippen LogP contribution >= 0.6 is 0 Å². The summed E-state index contributed by atoms with van der Waals surface area (Å²) in [4.78, 5) is 12.6. The molecule has 1 amide bonds. The van der Waals surface area contributed by atoms with E-state index in [9.17, 15) is 4.79 Å². The summed E-state index contributed by atoms with van der Waals surface area (Å²) in [6.07, 6.45) is 1.81. The van der Waals surface area contributed by atoms with Crippen LogP contribution in [0.3, 0.4) is 0 Å². The van der Waals surface area contributed by atoms with Gasteiger partial charge in [-0.3, -0.25) is 4.79 Å². The van der Waals surface area contributed by atoms with Gasteiger partial charge in [0.2, 0.25) is 0 Å². The third kappa shape index (κ3) is 4.99. The normalized spacial score (nSPS) is 10.4. The van der Waals surface area contributed by atoms with Crippen LogP contribution in [0.4, 0.5) is 5.69 Å². The number of amides is 1. The summed E-state index contributed by atoms with van der Waals surface area (Å²) in [5.74, 6) is 1.14. The van der Waals surface area contributed by atoms with Gasteiger partial charge in [0.15, 0.2) is 11.5 Å².